The van der Waals surface area contributed by atoms with Crippen molar-refractivity contribution >= 4 is 22.7 Å². The molecule has 0 radical (unpaired) electrons. The third-order valence-electron chi connectivity index (χ3n) is 4.71. The summed E-state index contributed by atoms with van der Waals surface area (Å²) in [4.78, 5) is 17.0. The fraction of sp³-hybridized carbons (Fsp3) is 0.130. The summed E-state index contributed by atoms with van der Waals surface area (Å²) in [7, 11) is 0. The molecule has 0 bridgehead atoms. The van der Waals surface area contributed by atoms with Gasteiger partial charge in [0.15, 0.2) is 5.58 Å². The molecular formula is C23H19FN2O2. The van der Waals surface area contributed by atoms with Crippen molar-refractivity contribution in [3.8, 4) is 11.5 Å². The van der Waals surface area contributed by atoms with Gasteiger partial charge in [0.05, 0.1) is 5.56 Å². The van der Waals surface area contributed by atoms with E-state index >= 15 is 0 Å². The number of nitrogens with zero attached hydrogens (tertiary/aromatic N) is 1. The Morgan fingerprint density at radius 1 is 1.11 bits per heavy atom. The Balaban J connectivity index is 1.67. The molecule has 0 aliphatic heterocycles. The number of hydrogen-bond donors (Lipinski definition) is 1. The van der Waals surface area contributed by atoms with Gasteiger partial charge < -0.3 is 9.73 Å². The van der Waals surface area contributed by atoms with E-state index in [1.54, 1.807) is 18.2 Å². The van der Waals surface area contributed by atoms with Gasteiger partial charge in [0.25, 0.3) is 5.91 Å². The largest absolute Gasteiger partial charge is 0.436 e. The quantitative estimate of drug-likeness (QED) is 0.494. The highest BCUT2D eigenvalue weighted by Gasteiger charge is 2.14. The van der Waals surface area contributed by atoms with Crippen LogP contribution in [0.5, 0.6) is 0 Å². The number of rotatable bonds is 4. The molecule has 1 aromatic heterocycles. The first-order chi connectivity index (χ1) is 13.5. The topological polar surface area (TPSA) is 55.1 Å². The average molecular weight is 374 g/mol. The van der Waals surface area contributed by atoms with Crippen molar-refractivity contribution in [3.63, 3.8) is 0 Å². The van der Waals surface area contributed by atoms with Crippen molar-refractivity contribution in [2.45, 2.75) is 20.3 Å². The van der Waals surface area contributed by atoms with Gasteiger partial charge >= 0.3 is 0 Å². The second kappa shape index (κ2) is 7.27. The van der Waals surface area contributed by atoms with Gasteiger partial charge in [-0.1, -0.05) is 31.2 Å². The molecule has 4 nitrogen and oxygen atoms in total. The Kier molecular flexibility index (Phi) is 4.65. The van der Waals surface area contributed by atoms with Crippen LogP contribution in [0.3, 0.4) is 0 Å². The van der Waals surface area contributed by atoms with E-state index in [4.69, 9.17) is 4.42 Å². The predicted octanol–water partition coefficient (Wildman–Crippen LogP) is 5.76. The molecule has 0 aliphatic rings. The number of aromatic nitrogens is 1. The Morgan fingerprint density at radius 2 is 1.93 bits per heavy atom. The molecule has 5 heteroatoms. The fourth-order valence-electron chi connectivity index (χ4n) is 3.04. The summed E-state index contributed by atoms with van der Waals surface area (Å²) in [5.74, 6) is -0.576. The minimum absolute atomic E-state index is 0.00117. The van der Waals surface area contributed by atoms with E-state index in [0.29, 0.717) is 17.2 Å². The van der Waals surface area contributed by atoms with Crippen LogP contribution in [0.4, 0.5) is 10.1 Å². The van der Waals surface area contributed by atoms with E-state index in [2.05, 4.69) is 17.2 Å². The molecule has 0 aliphatic carbocycles. The Bertz CT molecular complexity index is 1180. The van der Waals surface area contributed by atoms with Crippen LogP contribution in [0.25, 0.3) is 22.6 Å². The van der Waals surface area contributed by atoms with Crippen molar-refractivity contribution in [2.75, 3.05) is 5.32 Å². The van der Waals surface area contributed by atoms with Crippen molar-refractivity contribution in [1.29, 1.82) is 0 Å². The highest BCUT2D eigenvalue weighted by molar-refractivity contribution is 6.05. The number of amides is 1. The number of oxazole rings is 1. The van der Waals surface area contributed by atoms with Gasteiger partial charge in [-0.3, -0.25) is 4.79 Å². The summed E-state index contributed by atoms with van der Waals surface area (Å²) in [6, 6.07) is 17.4. The first-order valence-electron chi connectivity index (χ1n) is 9.11. The van der Waals surface area contributed by atoms with E-state index in [-0.39, 0.29) is 5.56 Å². The summed E-state index contributed by atoms with van der Waals surface area (Å²) in [6.45, 7) is 3.97. The summed E-state index contributed by atoms with van der Waals surface area (Å²) in [6.07, 6.45) is 0.925. The zero-order chi connectivity index (χ0) is 19.7. The second-order valence-corrected chi connectivity index (χ2v) is 6.64. The second-order valence-electron chi connectivity index (χ2n) is 6.64. The number of carbonyl (C=O) groups is 1. The summed E-state index contributed by atoms with van der Waals surface area (Å²) < 4.78 is 19.8. The maximum atomic E-state index is 13.9. The maximum absolute atomic E-state index is 13.9. The summed E-state index contributed by atoms with van der Waals surface area (Å²) in [5.41, 5.74) is 4.88. The first-order valence-corrected chi connectivity index (χ1v) is 9.11. The summed E-state index contributed by atoms with van der Waals surface area (Å²) >= 11 is 0. The number of fused-ring (bicyclic) bond motifs is 1. The van der Waals surface area contributed by atoms with Crippen molar-refractivity contribution < 1.29 is 13.6 Å². The Morgan fingerprint density at radius 3 is 2.71 bits per heavy atom. The molecule has 1 amide bonds. The smallest absolute Gasteiger partial charge is 0.258 e. The van der Waals surface area contributed by atoms with E-state index < -0.39 is 11.7 Å². The van der Waals surface area contributed by atoms with Crippen LogP contribution in [0.2, 0.25) is 0 Å². The minimum atomic E-state index is -0.556. The number of anilines is 1. The van der Waals surface area contributed by atoms with E-state index in [9.17, 15) is 9.18 Å². The lowest BCUT2D eigenvalue weighted by Crippen LogP contribution is -2.14. The molecule has 4 rings (SSSR count). The lowest BCUT2D eigenvalue weighted by atomic mass is 10.1. The molecule has 0 spiro atoms. The highest BCUT2D eigenvalue weighted by Crippen LogP contribution is 2.29. The van der Waals surface area contributed by atoms with E-state index in [0.717, 1.165) is 23.1 Å². The molecule has 28 heavy (non-hydrogen) atoms. The van der Waals surface area contributed by atoms with Crippen LogP contribution in [0.15, 0.2) is 65.1 Å². The molecule has 0 saturated heterocycles. The Labute approximate surface area is 162 Å². The van der Waals surface area contributed by atoms with Crippen LogP contribution in [0.1, 0.15) is 28.4 Å². The SMILES string of the molecule is CCc1ccc2oc(-c3ccc(C)c(NC(=O)c4ccccc4F)c3)nc2c1. The van der Waals surface area contributed by atoms with Gasteiger partial charge in [0, 0.05) is 11.3 Å². The van der Waals surface area contributed by atoms with Gasteiger partial charge in [-0.05, 0) is 60.9 Å². The molecule has 0 unspecified atom stereocenters. The van der Waals surface area contributed by atoms with Crippen LogP contribution >= 0.6 is 0 Å². The van der Waals surface area contributed by atoms with E-state index in [1.807, 2.05) is 37.3 Å². The number of hydrogen-bond acceptors (Lipinski definition) is 3. The first kappa shape index (κ1) is 17.9. The molecule has 140 valence electrons. The molecule has 0 saturated carbocycles. The van der Waals surface area contributed by atoms with Gasteiger partial charge in [-0.25, -0.2) is 9.37 Å². The van der Waals surface area contributed by atoms with Crippen LogP contribution in [-0.4, -0.2) is 10.9 Å². The zero-order valence-corrected chi connectivity index (χ0v) is 15.6. The monoisotopic (exact) mass is 374 g/mol. The van der Waals surface area contributed by atoms with Crippen molar-refractivity contribution in [1.82, 2.24) is 4.98 Å². The number of carbonyl (C=O) groups excluding carboxylic acids is 1. The highest BCUT2D eigenvalue weighted by atomic mass is 19.1. The van der Waals surface area contributed by atoms with Crippen molar-refractivity contribution in [2.24, 2.45) is 0 Å². The van der Waals surface area contributed by atoms with Crippen molar-refractivity contribution in [3.05, 3.63) is 83.2 Å². The lowest BCUT2D eigenvalue weighted by Gasteiger charge is -2.10. The number of benzene rings is 3. The zero-order valence-electron chi connectivity index (χ0n) is 15.6. The van der Waals surface area contributed by atoms with Gasteiger partial charge in [0.2, 0.25) is 5.89 Å². The lowest BCUT2D eigenvalue weighted by molar-refractivity contribution is 0.102. The summed E-state index contributed by atoms with van der Waals surface area (Å²) in [5, 5.41) is 2.78. The van der Waals surface area contributed by atoms with Gasteiger partial charge in [-0.2, -0.15) is 0 Å². The average Bonchev–Trinajstić information content (AvgIpc) is 3.13. The Hall–Kier alpha value is -3.47. The molecule has 4 aromatic rings. The maximum Gasteiger partial charge on any atom is 0.258 e. The van der Waals surface area contributed by atoms with Gasteiger partial charge in [-0.15, -0.1) is 0 Å². The minimum Gasteiger partial charge on any atom is -0.436 e. The normalized spacial score (nSPS) is 11.0. The molecule has 0 fully saturated rings. The molecule has 1 heterocycles. The van der Waals surface area contributed by atoms with Gasteiger partial charge in [0.1, 0.15) is 11.3 Å². The third kappa shape index (κ3) is 3.39. The molecule has 3 aromatic carbocycles. The number of halogens is 1. The molecular weight excluding hydrogens is 355 g/mol. The van der Waals surface area contributed by atoms with Crippen LogP contribution < -0.4 is 5.32 Å². The number of nitrogens with one attached hydrogen (secondary N) is 1. The fourth-order valence-corrected chi connectivity index (χ4v) is 3.04. The molecule has 0 atom stereocenters. The molecule has 1 N–H and O–H groups in total. The number of aryl methyl sites for hydroxylation is 2. The standard InChI is InChI=1S/C23H19FN2O2/c1-3-15-9-11-21-20(12-15)26-23(28-21)16-10-8-14(2)19(13-16)25-22(27)17-6-4-5-7-18(17)24/h4-13H,3H2,1-2H3,(H,25,27). The van der Waals surface area contributed by atoms with Crippen LogP contribution in [-0.2, 0) is 6.42 Å². The van der Waals surface area contributed by atoms with E-state index in [1.165, 1.54) is 17.7 Å². The third-order valence-corrected chi connectivity index (χ3v) is 4.71. The van der Waals surface area contributed by atoms with Crippen LogP contribution in [0, 0.1) is 12.7 Å². The predicted molar refractivity (Wildman–Crippen MR) is 108 cm³/mol.